The van der Waals surface area contributed by atoms with Crippen LogP contribution in [0.4, 0.5) is 9.80 Å². The number of thiophene rings is 1. The van der Waals surface area contributed by atoms with Crippen LogP contribution in [0.25, 0.3) is 0 Å². The zero-order valence-corrected chi connectivity index (χ0v) is 15.3. The molecule has 2 bridgehead atoms. The minimum absolute atomic E-state index is 0.0829. The molecule has 0 radical (unpaired) electrons. The van der Waals surface area contributed by atoms with E-state index in [1.54, 1.807) is 11.3 Å². The van der Waals surface area contributed by atoms with Gasteiger partial charge in [-0.1, -0.05) is 6.07 Å². The number of carbonyl (C=O) groups is 1. The lowest BCUT2D eigenvalue weighted by molar-refractivity contribution is 0.0184. The van der Waals surface area contributed by atoms with Crippen molar-refractivity contribution in [2.75, 3.05) is 18.4 Å². The SMILES string of the molecule is Cc1ccsc1NC(=O)NC1C2CCN(CC2)C1Cc1cccnc1. The van der Waals surface area contributed by atoms with Gasteiger partial charge in [0, 0.05) is 24.5 Å². The summed E-state index contributed by atoms with van der Waals surface area (Å²) in [4.78, 5) is 19.3. The first-order chi connectivity index (χ1) is 12.2. The number of urea groups is 1. The van der Waals surface area contributed by atoms with Crippen LogP contribution in [0.2, 0.25) is 0 Å². The van der Waals surface area contributed by atoms with Crippen molar-refractivity contribution in [3.05, 3.63) is 47.1 Å². The first-order valence-electron chi connectivity index (χ1n) is 8.95. The van der Waals surface area contributed by atoms with E-state index in [1.807, 2.05) is 36.8 Å². The highest BCUT2D eigenvalue weighted by molar-refractivity contribution is 7.14. The molecule has 3 aliphatic rings. The van der Waals surface area contributed by atoms with Gasteiger partial charge < -0.3 is 5.32 Å². The Balaban J connectivity index is 1.47. The highest BCUT2D eigenvalue weighted by atomic mass is 32.1. The fourth-order valence-corrected chi connectivity index (χ4v) is 4.99. The number of aryl methyl sites for hydroxylation is 1. The maximum atomic E-state index is 12.6. The second kappa shape index (κ2) is 7.14. The number of carbonyl (C=O) groups excluding carboxylic acids is 1. The molecule has 3 saturated heterocycles. The van der Waals surface area contributed by atoms with Crippen LogP contribution in [0, 0.1) is 12.8 Å². The molecule has 2 amide bonds. The van der Waals surface area contributed by atoms with E-state index in [1.165, 1.54) is 18.4 Å². The number of piperidine rings is 3. The van der Waals surface area contributed by atoms with E-state index in [0.717, 1.165) is 30.1 Å². The normalized spacial score (nSPS) is 27.9. The Hall–Kier alpha value is -1.92. The second-order valence-electron chi connectivity index (χ2n) is 7.06. The van der Waals surface area contributed by atoms with E-state index < -0.39 is 0 Å². The summed E-state index contributed by atoms with van der Waals surface area (Å²) in [6.45, 7) is 4.30. The van der Waals surface area contributed by atoms with Crippen LogP contribution < -0.4 is 10.6 Å². The van der Waals surface area contributed by atoms with Crippen molar-refractivity contribution < 1.29 is 4.79 Å². The minimum Gasteiger partial charge on any atom is -0.333 e. The highest BCUT2D eigenvalue weighted by Gasteiger charge is 2.42. The quantitative estimate of drug-likeness (QED) is 0.884. The highest BCUT2D eigenvalue weighted by Crippen LogP contribution is 2.34. The van der Waals surface area contributed by atoms with Gasteiger partial charge in [-0.15, -0.1) is 11.3 Å². The maximum Gasteiger partial charge on any atom is 0.320 e. The van der Waals surface area contributed by atoms with E-state index in [-0.39, 0.29) is 12.1 Å². The van der Waals surface area contributed by atoms with Crippen LogP contribution in [0.3, 0.4) is 0 Å². The number of nitrogens with one attached hydrogen (secondary N) is 2. The number of fused-ring (bicyclic) bond motifs is 3. The lowest BCUT2D eigenvalue weighted by atomic mass is 9.77. The van der Waals surface area contributed by atoms with Gasteiger partial charge in [0.2, 0.25) is 0 Å². The van der Waals surface area contributed by atoms with E-state index in [9.17, 15) is 4.79 Å². The Morgan fingerprint density at radius 1 is 1.36 bits per heavy atom. The third-order valence-electron chi connectivity index (χ3n) is 5.52. The molecule has 0 spiro atoms. The van der Waals surface area contributed by atoms with Gasteiger partial charge in [0.15, 0.2) is 0 Å². The van der Waals surface area contributed by atoms with Gasteiger partial charge >= 0.3 is 6.03 Å². The Bertz CT molecular complexity index is 724. The van der Waals surface area contributed by atoms with Crippen LogP contribution in [0.15, 0.2) is 36.0 Å². The van der Waals surface area contributed by atoms with Gasteiger partial charge in [-0.2, -0.15) is 0 Å². The van der Waals surface area contributed by atoms with Crippen LogP contribution in [-0.2, 0) is 6.42 Å². The summed E-state index contributed by atoms with van der Waals surface area (Å²) in [7, 11) is 0. The number of hydrogen-bond donors (Lipinski definition) is 2. The standard InChI is InChI=1S/C19H24N4OS/c1-13-6-10-25-18(13)22-19(24)21-17-15-4-8-23(9-5-15)16(17)11-14-3-2-7-20-12-14/h2-3,6-7,10,12,15-17H,4-5,8-9,11H2,1H3,(H2,21,22,24). The molecule has 3 fully saturated rings. The first kappa shape index (κ1) is 16.5. The topological polar surface area (TPSA) is 57.3 Å². The fourth-order valence-electron chi connectivity index (χ4n) is 4.17. The smallest absolute Gasteiger partial charge is 0.320 e. The molecule has 2 N–H and O–H groups in total. The van der Waals surface area contributed by atoms with Crippen molar-refractivity contribution in [3.63, 3.8) is 0 Å². The number of pyridine rings is 1. The van der Waals surface area contributed by atoms with Crippen LogP contribution in [0.5, 0.6) is 0 Å². The van der Waals surface area contributed by atoms with Crippen molar-refractivity contribution in [3.8, 4) is 0 Å². The monoisotopic (exact) mass is 356 g/mol. The summed E-state index contributed by atoms with van der Waals surface area (Å²) in [5.41, 5.74) is 2.35. The summed E-state index contributed by atoms with van der Waals surface area (Å²) >= 11 is 1.57. The second-order valence-corrected chi connectivity index (χ2v) is 7.98. The van der Waals surface area contributed by atoms with Gasteiger partial charge in [-0.05, 0) is 73.8 Å². The summed E-state index contributed by atoms with van der Waals surface area (Å²) < 4.78 is 0. The van der Waals surface area contributed by atoms with Gasteiger partial charge in [0.05, 0.1) is 5.00 Å². The average Bonchev–Trinajstić information content (AvgIpc) is 3.03. The van der Waals surface area contributed by atoms with Crippen molar-refractivity contribution in [1.82, 2.24) is 15.2 Å². The minimum atomic E-state index is -0.0829. The zero-order chi connectivity index (χ0) is 17.2. The maximum absolute atomic E-state index is 12.6. The Labute approximate surface area is 152 Å². The van der Waals surface area contributed by atoms with E-state index in [0.29, 0.717) is 12.0 Å². The predicted octanol–water partition coefficient (Wildman–Crippen LogP) is 3.28. The van der Waals surface area contributed by atoms with E-state index >= 15 is 0 Å². The summed E-state index contributed by atoms with van der Waals surface area (Å²) in [6, 6.07) is 6.61. The molecule has 2 aromatic heterocycles. The molecule has 2 atom stereocenters. The lowest BCUT2D eigenvalue weighted by Crippen LogP contribution is -2.64. The van der Waals surface area contributed by atoms with Gasteiger partial charge in [-0.3, -0.25) is 15.2 Å². The van der Waals surface area contributed by atoms with Crippen molar-refractivity contribution in [2.45, 2.75) is 38.3 Å². The molecule has 5 heterocycles. The molecule has 132 valence electrons. The van der Waals surface area contributed by atoms with E-state index in [2.05, 4.69) is 26.6 Å². The predicted molar refractivity (Wildman–Crippen MR) is 101 cm³/mol. The molecule has 5 rings (SSSR count). The van der Waals surface area contributed by atoms with Crippen LogP contribution in [0.1, 0.15) is 24.0 Å². The number of rotatable bonds is 4. The lowest BCUT2D eigenvalue weighted by Gasteiger charge is -2.51. The van der Waals surface area contributed by atoms with Gasteiger partial charge in [0.1, 0.15) is 0 Å². The van der Waals surface area contributed by atoms with Crippen molar-refractivity contribution >= 4 is 22.4 Å². The molecule has 25 heavy (non-hydrogen) atoms. The molecular weight excluding hydrogens is 332 g/mol. The number of hydrogen-bond acceptors (Lipinski definition) is 4. The fraction of sp³-hybridized carbons (Fsp3) is 0.474. The van der Waals surface area contributed by atoms with Crippen LogP contribution >= 0.6 is 11.3 Å². The first-order valence-corrected chi connectivity index (χ1v) is 9.83. The van der Waals surface area contributed by atoms with Crippen molar-refractivity contribution in [2.24, 2.45) is 5.92 Å². The molecule has 0 aromatic carbocycles. The molecule has 0 aliphatic carbocycles. The van der Waals surface area contributed by atoms with Crippen molar-refractivity contribution in [1.29, 1.82) is 0 Å². The molecule has 3 aliphatic heterocycles. The third-order valence-corrected chi connectivity index (χ3v) is 6.45. The molecule has 6 heteroatoms. The number of amides is 2. The van der Waals surface area contributed by atoms with E-state index in [4.69, 9.17) is 0 Å². The molecule has 5 nitrogen and oxygen atoms in total. The number of nitrogens with zero attached hydrogens (tertiary/aromatic N) is 2. The molecular formula is C19H24N4OS. The van der Waals surface area contributed by atoms with Gasteiger partial charge in [-0.25, -0.2) is 4.79 Å². The third kappa shape index (κ3) is 3.55. The number of anilines is 1. The largest absolute Gasteiger partial charge is 0.333 e. The molecule has 0 saturated carbocycles. The van der Waals surface area contributed by atoms with Crippen LogP contribution in [-0.4, -0.2) is 41.1 Å². The zero-order valence-electron chi connectivity index (χ0n) is 14.4. The molecule has 2 aromatic rings. The van der Waals surface area contributed by atoms with Gasteiger partial charge in [0.25, 0.3) is 0 Å². The Kier molecular flexibility index (Phi) is 4.72. The summed E-state index contributed by atoms with van der Waals surface area (Å²) in [6.07, 6.45) is 7.03. The summed E-state index contributed by atoms with van der Waals surface area (Å²) in [5, 5.41) is 9.24. The Morgan fingerprint density at radius 3 is 2.88 bits per heavy atom. The number of aromatic nitrogens is 1. The average molecular weight is 356 g/mol. The Morgan fingerprint density at radius 2 is 2.20 bits per heavy atom. The molecule has 2 unspecified atom stereocenters. The summed E-state index contributed by atoms with van der Waals surface area (Å²) in [5.74, 6) is 0.571.